The highest BCUT2D eigenvalue weighted by atomic mass is 32.1. The van der Waals surface area contributed by atoms with Crippen LogP contribution in [0.15, 0.2) is 36.9 Å². The van der Waals surface area contributed by atoms with Gasteiger partial charge in [0.25, 0.3) is 0 Å². The molecule has 1 aromatic heterocycles. The second kappa shape index (κ2) is 7.61. The van der Waals surface area contributed by atoms with Gasteiger partial charge in [0, 0.05) is 34.0 Å². The molecule has 1 atom stereocenters. The van der Waals surface area contributed by atoms with Crippen LogP contribution >= 0.6 is 11.3 Å². The van der Waals surface area contributed by atoms with Gasteiger partial charge in [-0.25, -0.2) is 5.43 Å². The summed E-state index contributed by atoms with van der Waals surface area (Å²) in [6, 6.07) is 5.66. The van der Waals surface area contributed by atoms with Crippen LogP contribution in [0, 0.1) is 6.92 Å². The molecule has 28 heavy (non-hydrogen) atoms. The zero-order valence-corrected chi connectivity index (χ0v) is 16.4. The van der Waals surface area contributed by atoms with E-state index in [9.17, 15) is 9.59 Å². The normalized spacial score (nSPS) is 18.0. The third-order valence-corrected chi connectivity index (χ3v) is 6.13. The van der Waals surface area contributed by atoms with Crippen LogP contribution in [0.3, 0.4) is 0 Å². The lowest BCUT2D eigenvalue weighted by Crippen LogP contribution is -2.37. The van der Waals surface area contributed by atoms with Gasteiger partial charge in [0.15, 0.2) is 0 Å². The van der Waals surface area contributed by atoms with Gasteiger partial charge >= 0.3 is 0 Å². The van der Waals surface area contributed by atoms with Gasteiger partial charge in [-0.2, -0.15) is 0 Å². The number of carbonyl (C=O) groups is 2. The molecule has 144 valence electrons. The van der Waals surface area contributed by atoms with E-state index >= 15 is 0 Å². The highest BCUT2D eigenvalue weighted by molar-refractivity contribution is 7.16. The van der Waals surface area contributed by atoms with Crippen LogP contribution in [0.1, 0.15) is 28.8 Å². The molecule has 0 saturated carbocycles. The van der Waals surface area contributed by atoms with Crippen LogP contribution in [0.5, 0.6) is 0 Å². The van der Waals surface area contributed by atoms with E-state index in [1.807, 2.05) is 18.2 Å². The summed E-state index contributed by atoms with van der Waals surface area (Å²) in [6.07, 6.45) is 6.68. The van der Waals surface area contributed by atoms with E-state index in [1.165, 1.54) is 10.4 Å². The van der Waals surface area contributed by atoms with Crippen molar-refractivity contribution in [3.05, 3.63) is 52.9 Å². The molecule has 0 spiro atoms. The van der Waals surface area contributed by atoms with Crippen LogP contribution in [0.4, 0.5) is 11.4 Å². The summed E-state index contributed by atoms with van der Waals surface area (Å²) in [7, 11) is 0. The van der Waals surface area contributed by atoms with Crippen molar-refractivity contribution >= 4 is 40.6 Å². The number of aryl methyl sites for hydroxylation is 1. The second-order valence-electron chi connectivity index (χ2n) is 6.94. The first-order chi connectivity index (χ1) is 13.5. The van der Waals surface area contributed by atoms with Crippen molar-refractivity contribution in [2.45, 2.75) is 32.4 Å². The lowest BCUT2D eigenvalue weighted by molar-refractivity contribution is -0.122. The van der Waals surface area contributed by atoms with E-state index in [1.54, 1.807) is 17.4 Å². The van der Waals surface area contributed by atoms with Gasteiger partial charge in [-0.05, 0) is 48.7 Å². The SMILES string of the molecule is C=C/C=C\c1sc(-c2cc(NC(=O)[C@H]3CCC(=O)N3)cc3c2NNC3)cc1C. The quantitative estimate of drug-likeness (QED) is 0.585. The summed E-state index contributed by atoms with van der Waals surface area (Å²) in [6.45, 7) is 6.49. The van der Waals surface area contributed by atoms with Crippen LogP contribution < -0.4 is 21.5 Å². The number of hydrogen-bond acceptors (Lipinski definition) is 5. The van der Waals surface area contributed by atoms with Crippen LogP contribution in [-0.4, -0.2) is 17.9 Å². The van der Waals surface area contributed by atoms with Crippen molar-refractivity contribution in [3.8, 4) is 10.4 Å². The predicted octanol–water partition coefficient (Wildman–Crippen LogP) is 3.57. The van der Waals surface area contributed by atoms with Crippen molar-refractivity contribution < 1.29 is 9.59 Å². The summed E-state index contributed by atoms with van der Waals surface area (Å²) in [5, 5.41) is 5.68. The summed E-state index contributed by atoms with van der Waals surface area (Å²) >= 11 is 1.70. The van der Waals surface area contributed by atoms with Gasteiger partial charge in [0.05, 0.1) is 5.69 Å². The van der Waals surface area contributed by atoms with Crippen molar-refractivity contribution in [2.75, 3.05) is 10.7 Å². The zero-order chi connectivity index (χ0) is 19.7. The minimum atomic E-state index is -0.458. The van der Waals surface area contributed by atoms with Gasteiger partial charge in [-0.15, -0.1) is 11.3 Å². The Morgan fingerprint density at radius 3 is 2.96 bits per heavy atom. The first-order valence-electron chi connectivity index (χ1n) is 9.21. The number of fused-ring (bicyclic) bond motifs is 1. The van der Waals surface area contributed by atoms with Crippen molar-refractivity contribution in [2.24, 2.45) is 0 Å². The maximum absolute atomic E-state index is 12.5. The maximum atomic E-state index is 12.5. The molecule has 3 heterocycles. The fourth-order valence-electron chi connectivity index (χ4n) is 3.47. The van der Waals surface area contributed by atoms with E-state index in [2.05, 4.69) is 47.1 Å². The number of amides is 2. The molecule has 0 unspecified atom stereocenters. The van der Waals surface area contributed by atoms with E-state index in [0.717, 1.165) is 27.4 Å². The maximum Gasteiger partial charge on any atom is 0.246 e. The smallest absolute Gasteiger partial charge is 0.246 e. The number of anilines is 2. The van der Waals surface area contributed by atoms with Gasteiger partial charge in [0.2, 0.25) is 11.8 Å². The van der Waals surface area contributed by atoms with Crippen molar-refractivity contribution in [1.82, 2.24) is 10.7 Å². The molecule has 0 aliphatic carbocycles. The van der Waals surface area contributed by atoms with E-state index in [0.29, 0.717) is 19.4 Å². The highest BCUT2D eigenvalue weighted by Crippen LogP contribution is 2.41. The molecule has 0 bridgehead atoms. The third-order valence-electron chi connectivity index (χ3n) is 4.90. The molecule has 0 radical (unpaired) electrons. The van der Waals surface area contributed by atoms with E-state index in [4.69, 9.17) is 0 Å². The molecule has 2 amide bonds. The largest absolute Gasteiger partial charge is 0.344 e. The van der Waals surface area contributed by atoms with Crippen LogP contribution in [0.2, 0.25) is 0 Å². The molecule has 6 nitrogen and oxygen atoms in total. The number of hydrazine groups is 1. The summed E-state index contributed by atoms with van der Waals surface area (Å²) in [5.74, 6) is -0.245. The Kier molecular flexibility index (Phi) is 5.02. The number of carbonyl (C=O) groups excluding carboxylic acids is 2. The fourth-order valence-corrected chi connectivity index (χ4v) is 4.58. The second-order valence-corrected chi connectivity index (χ2v) is 8.02. The zero-order valence-electron chi connectivity index (χ0n) is 15.6. The topological polar surface area (TPSA) is 82.3 Å². The standard InChI is InChI=1S/C21H22N4O2S/c1-3-4-5-17-12(2)8-18(28-17)15-10-14(9-13-11-22-25-20(13)15)23-21(27)16-6-7-19(26)24-16/h3-5,8-10,16,22,25H,1,6-7,11H2,2H3,(H,23,27)(H,24,26)/b5-4-/t16-/m1/s1. The third kappa shape index (κ3) is 3.58. The predicted molar refractivity (Wildman–Crippen MR) is 114 cm³/mol. The summed E-state index contributed by atoms with van der Waals surface area (Å²) in [5.41, 5.74) is 11.5. The summed E-state index contributed by atoms with van der Waals surface area (Å²) < 4.78 is 0. The number of allylic oxidation sites excluding steroid dienone is 2. The van der Waals surface area contributed by atoms with E-state index < -0.39 is 6.04 Å². The molecule has 1 aromatic carbocycles. The minimum absolute atomic E-state index is 0.0719. The molecule has 1 saturated heterocycles. The lowest BCUT2D eigenvalue weighted by Gasteiger charge is -2.14. The van der Waals surface area contributed by atoms with Gasteiger partial charge < -0.3 is 16.1 Å². The highest BCUT2D eigenvalue weighted by Gasteiger charge is 2.28. The number of hydrogen-bond donors (Lipinski definition) is 4. The van der Waals surface area contributed by atoms with Crippen molar-refractivity contribution in [3.63, 3.8) is 0 Å². The Morgan fingerprint density at radius 2 is 2.21 bits per heavy atom. The van der Waals surface area contributed by atoms with Crippen LogP contribution in [-0.2, 0) is 16.1 Å². The Labute approximate surface area is 167 Å². The van der Waals surface area contributed by atoms with Gasteiger partial charge in [-0.1, -0.05) is 18.7 Å². The van der Waals surface area contributed by atoms with Gasteiger partial charge in [-0.3, -0.25) is 9.59 Å². The molecule has 4 rings (SSSR count). The van der Waals surface area contributed by atoms with Crippen molar-refractivity contribution in [1.29, 1.82) is 0 Å². The Bertz CT molecular complexity index is 993. The van der Waals surface area contributed by atoms with Crippen LogP contribution in [0.25, 0.3) is 16.5 Å². The lowest BCUT2D eigenvalue weighted by atomic mass is 10.0. The number of benzene rings is 1. The molecule has 1 fully saturated rings. The number of thiophene rings is 1. The number of rotatable bonds is 5. The summed E-state index contributed by atoms with van der Waals surface area (Å²) in [4.78, 5) is 26.2. The first-order valence-corrected chi connectivity index (χ1v) is 10.0. The molecule has 2 aliphatic heterocycles. The fraction of sp³-hybridized carbons (Fsp3) is 0.238. The monoisotopic (exact) mass is 394 g/mol. The molecule has 2 aliphatic rings. The Balaban J connectivity index is 1.66. The minimum Gasteiger partial charge on any atom is -0.344 e. The average molecular weight is 395 g/mol. The molecule has 7 heteroatoms. The molecular weight excluding hydrogens is 372 g/mol. The molecule has 2 aromatic rings. The Morgan fingerprint density at radius 1 is 1.36 bits per heavy atom. The first kappa shape index (κ1) is 18.5. The molecular formula is C21H22N4O2S. The average Bonchev–Trinajstić information content (AvgIpc) is 3.39. The molecule has 4 N–H and O–H groups in total. The number of nitrogens with one attached hydrogen (secondary N) is 4. The van der Waals surface area contributed by atoms with Gasteiger partial charge in [0.1, 0.15) is 6.04 Å². The van der Waals surface area contributed by atoms with E-state index in [-0.39, 0.29) is 11.8 Å². The Hall–Kier alpha value is -2.90.